The van der Waals surface area contributed by atoms with Gasteiger partial charge in [0, 0.05) is 16.6 Å². The number of aromatic nitrogens is 1. The van der Waals surface area contributed by atoms with Crippen LogP contribution in [0.5, 0.6) is 0 Å². The quantitative estimate of drug-likeness (QED) is 0.779. The molecule has 3 aromatic rings. The van der Waals surface area contributed by atoms with Crippen LogP contribution in [0.4, 0.5) is 0 Å². The lowest BCUT2D eigenvalue weighted by atomic mass is 9.95. The summed E-state index contributed by atoms with van der Waals surface area (Å²) in [5, 5.41) is 5.27. The van der Waals surface area contributed by atoms with Crippen LogP contribution in [0.25, 0.3) is 10.9 Å². The highest BCUT2D eigenvalue weighted by Gasteiger charge is 2.17. The second-order valence-corrected chi connectivity index (χ2v) is 5.07. The first-order valence-electron chi connectivity index (χ1n) is 6.56. The summed E-state index contributed by atoms with van der Waals surface area (Å²) in [6.07, 6.45) is 1.82. The molecule has 0 radical (unpaired) electrons. The van der Waals surface area contributed by atoms with E-state index in [1.807, 2.05) is 49.6 Å². The fraction of sp³-hybridized carbons (Fsp3) is 0.118. The Morgan fingerprint density at radius 2 is 1.75 bits per heavy atom. The molecule has 100 valence electrons. The highest BCUT2D eigenvalue weighted by Crippen LogP contribution is 2.31. The number of fused-ring (bicyclic) bond motifs is 1. The molecule has 1 aromatic heterocycles. The van der Waals surface area contributed by atoms with Gasteiger partial charge < -0.3 is 5.32 Å². The maximum atomic E-state index is 6.34. The number of pyridine rings is 1. The summed E-state index contributed by atoms with van der Waals surface area (Å²) in [6, 6.07) is 18.2. The first-order chi connectivity index (χ1) is 9.81. The molecule has 1 atom stereocenters. The van der Waals surface area contributed by atoms with Gasteiger partial charge in [-0.15, -0.1) is 0 Å². The zero-order valence-electron chi connectivity index (χ0n) is 11.2. The van der Waals surface area contributed by atoms with Gasteiger partial charge in [0.15, 0.2) is 0 Å². The smallest absolute Gasteiger partial charge is 0.0705 e. The second kappa shape index (κ2) is 5.61. The maximum Gasteiger partial charge on any atom is 0.0705 e. The van der Waals surface area contributed by atoms with Crippen LogP contribution in [0.15, 0.2) is 60.8 Å². The third-order valence-corrected chi connectivity index (χ3v) is 3.84. The highest BCUT2D eigenvalue weighted by molar-refractivity contribution is 6.31. The van der Waals surface area contributed by atoms with Crippen molar-refractivity contribution in [3.63, 3.8) is 0 Å². The molecule has 3 heteroatoms. The normalized spacial score (nSPS) is 12.5. The predicted molar refractivity (Wildman–Crippen MR) is 84.1 cm³/mol. The van der Waals surface area contributed by atoms with Crippen LogP contribution in [0.1, 0.15) is 17.2 Å². The third kappa shape index (κ3) is 2.28. The van der Waals surface area contributed by atoms with Crippen molar-refractivity contribution < 1.29 is 0 Å². The van der Waals surface area contributed by atoms with E-state index in [-0.39, 0.29) is 6.04 Å². The van der Waals surface area contributed by atoms with Gasteiger partial charge in [-0.05, 0) is 36.4 Å². The topological polar surface area (TPSA) is 24.9 Å². The van der Waals surface area contributed by atoms with E-state index >= 15 is 0 Å². The number of halogens is 1. The number of nitrogens with zero attached hydrogens (tertiary/aromatic N) is 1. The van der Waals surface area contributed by atoms with Gasteiger partial charge in [-0.2, -0.15) is 0 Å². The Morgan fingerprint density at radius 3 is 2.55 bits per heavy atom. The summed E-state index contributed by atoms with van der Waals surface area (Å²) in [7, 11) is 1.95. The Labute approximate surface area is 123 Å². The molecule has 1 heterocycles. The second-order valence-electron chi connectivity index (χ2n) is 4.66. The van der Waals surface area contributed by atoms with Crippen LogP contribution in [0, 0.1) is 0 Å². The van der Waals surface area contributed by atoms with E-state index < -0.39 is 0 Å². The summed E-state index contributed by atoms with van der Waals surface area (Å²) in [5.41, 5.74) is 3.26. The molecule has 0 saturated heterocycles. The van der Waals surface area contributed by atoms with Gasteiger partial charge in [0.05, 0.1) is 11.6 Å². The molecule has 1 N–H and O–H groups in total. The number of rotatable bonds is 3. The van der Waals surface area contributed by atoms with Gasteiger partial charge >= 0.3 is 0 Å². The van der Waals surface area contributed by atoms with Crippen molar-refractivity contribution in [1.29, 1.82) is 0 Å². The van der Waals surface area contributed by atoms with Crippen molar-refractivity contribution in [3.05, 3.63) is 76.9 Å². The molecular weight excluding hydrogens is 268 g/mol. The van der Waals surface area contributed by atoms with Gasteiger partial charge in [-0.25, -0.2) is 0 Å². The molecule has 0 spiro atoms. The first-order valence-corrected chi connectivity index (χ1v) is 6.94. The minimum Gasteiger partial charge on any atom is -0.309 e. The van der Waals surface area contributed by atoms with E-state index in [9.17, 15) is 0 Å². The largest absolute Gasteiger partial charge is 0.309 e. The Bertz CT molecular complexity index is 734. The summed E-state index contributed by atoms with van der Waals surface area (Å²) in [5.74, 6) is 0. The predicted octanol–water partition coefficient (Wildman–Crippen LogP) is 4.20. The molecular formula is C17H15ClN2. The van der Waals surface area contributed by atoms with Crippen LogP contribution >= 0.6 is 11.6 Å². The fourth-order valence-electron chi connectivity index (χ4n) is 2.57. The number of benzene rings is 2. The molecule has 20 heavy (non-hydrogen) atoms. The Kier molecular flexibility index (Phi) is 3.68. The lowest BCUT2D eigenvalue weighted by Gasteiger charge is -2.20. The van der Waals surface area contributed by atoms with Crippen LogP contribution < -0.4 is 5.32 Å². The van der Waals surface area contributed by atoms with Crippen LogP contribution in [-0.4, -0.2) is 12.0 Å². The lowest BCUT2D eigenvalue weighted by Crippen LogP contribution is -2.18. The summed E-state index contributed by atoms with van der Waals surface area (Å²) in [6.45, 7) is 0. The molecule has 1 unspecified atom stereocenters. The van der Waals surface area contributed by atoms with Crippen molar-refractivity contribution in [2.75, 3.05) is 7.05 Å². The van der Waals surface area contributed by atoms with Crippen LogP contribution in [-0.2, 0) is 0 Å². The number of hydrogen-bond acceptors (Lipinski definition) is 2. The maximum absolute atomic E-state index is 6.34. The average Bonchev–Trinajstić information content (AvgIpc) is 2.50. The van der Waals surface area contributed by atoms with E-state index in [1.54, 1.807) is 0 Å². The van der Waals surface area contributed by atoms with Crippen molar-refractivity contribution in [1.82, 2.24) is 10.3 Å². The molecule has 0 aliphatic heterocycles. The molecule has 0 aliphatic carbocycles. The SMILES string of the molecule is CNC(c1ccccc1Cl)c1cccc2ncccc12. The zero-order valence-corrected chi connectivity index (χ0v) is 11.9. The van der Waals surface area contributed by atoms with Gasteiger partial charge in [0.2, 0.25) is 0 Å². The lowest BCUT2D eigenvalue weighted by molar-refractivity contribution is 0.697. The van der Waals surface area contributed by atoms with Crippen LogP contribution in [0.2, 0.25) is 5.02 Å². The molecule has 0 fully saturated rings. The van der Waals surface area contributed by atoms with E-state index in [2.05, 4.69) is 28.5 Å². The van der Waals surface area contributed by atoms with Gasteiger partial charge in [0.1, 0.15) is 0 Å². The Morgan fingerprint density at radius 1 is 0.950 bits per heavy atom. The van der Waals surface area contributed by atoms with Crippen molar-refractivity contribution in [2.24, 2.45) is 0 Å². The monoisotopic (exact) mass is 282 g/mol. The van der Waals surface area contributed by atoms with Gasteiger partial charge in [-0.1, -0.05) is 48.0 Å². The van der Waals surface area contributed by atoms with E-state index in [1.165, 1.54) is 5.56 Å². The minimum atomic E-state index is 0.0524. The van der Waals surface area contributed by atoms with E-state index in [0.29, 0.717) is 0 Å². The Hall–Kier alpha value is -1.90. The molecule has 0 bridgehead atoms. The minimum absolute atomic E-state index is 0.0524. The highest BCUT2D eigenvalue weighted by atomic mass is 35.5. The summed E-state index contributed by atoms with van der Waals surface area (Å²) in [4.78, 5) is 4.41. The molecule has 0 aliphatic rings. The van der Waals surface area contributed by atoms with Crippen molar-refractivity contribution in [3.8, 4) is 0 Å². The van der Waals surface area contributed by atoms with E-state index in [4.69, 9.17) is 11.6 Å². The summed E-state index contributed by atoms with van der Waals surface area (Å²) >= 11 is 6.34. The van der Waals surface area contributed by atoms with E-state index in [0.717, 1.165) is 21.5 Å². The first kappa shape index (κ1) is 13.1. The molecule has 0 amide bonds. The molecule has 2 nitrogen and oxygen atoms in total. The standard InChI is InChI=1S/C17H15ClN2/c1-19-17(14-6-2-3-9-15(14)18)13-7-4-10-16-12(13)8-5-11-20-16/h2-11,17,19H,1H3. The summed E-state index contributed by atoms with van der Waals surface area (Å²) < 4.78 is 0. The van der Waals surface area contributed by atoms with Gasteiger partial charge in [-0.3, -0.25) is 4.98 Å². The van der Waals surface area contributed by atoms with Crippen LogP contribution in [0.3, 0.4) is 0 Å². The fourth-order valence-corrected chi connectivity index (χ4v) is 2.81. The van der Waals surface area contributed by atoms with Gasteiger partial charge in [0.25, 0.3) is 0 Å². The molecule has 2 aromatic carbocycles. The zero-order chi connectivity index (χ0) is 13.9. The number of nitrogens with one attached hydrogen (secondary N) is 1. The Balaban J connectivity index is 2.20. The molecule has 0 saturated carbocycles. The van der Waals surface area contributed by atoms with Crippen molar-refractivity contribution in [2.45, 2.75) is 6.04 Å². The third-order valence-electron chi connectivity index (χ3n) is 3.50. The molecule has 3 rings (SSSR count). The average molecular weight is 283 g/mol. The number of hydrogen-bond donors (Lipinski definition) is 1. The van der Waals surface area contributed by atoms with Crippen molar-refractivity contribution >= 4 is 22.5 Å².